The largest absolute Gasteiger partial charge is 0.452 e. The lowest BCUT2D eigenvalue weighted by atomic mass is 10.0. The van der Waals surface area contributed by atoms with Gasteiger partial charge in [-0.2, -0.15) is 4.31 Å². The van der Waals surface area contributed by atoms with Gasteiger partial charge in [0.05, 0.1) is 10.6 Å². The van der Waals surface area contributed by atoms with Crippen LogP contribution in [0.5, 0.6) is 0 Å². The Morgan fingerprint density at radius 1 is 1.13 bits per heavy atom. The van der Waals surface area contributed by atoms with Gasteiger partial charge in [0.15, 0.2) is 6.61 Å². The summed E-state index contributed by atoms with van der Waals surface area (Å²) >= 11 is 6.09. The van der Waals surface area contributed by atoms with Crippen LogP contribution >= 0.6 is 11.6 Å². The van der Waals surface area contributed by atoms with Crippen molar-refractivity contribution in [2.45, 2.75) is 30.6 Å². The number of halogens is 1. The first kappa shape index (κ1) is 23.2. The molecule has 0 bridgehead atoms. The van der Waals surface area contributed by atoms with E-state index in [1.807, 2.05) is 37.3 Å². The quantitative estimate of drug-likeness (QED) is 0.605. The van der Waals surface area contributed by atoms with Crippen molar-refractivity contribution < 1.29 is 22.7 Å². The van der Waals surface area contributed by atoms with Gasteiger partial charge in [-0.1, -0.05) is 48.9 Å². The van der Waals surface area contributed by atoms with Crippen molar-refractivity contribution in [3.8, 4) is 0 Å². The fourth-order valence-corrected chi connectivity index (χ4v) is 5.34. The molecule has 1 fully saturated rings. The number of amides is 1. The van der Waals surface area contributed by atoms with Crippen molar-refractivity contribution in [3.05, 3.63) is 64.7 Å². The molecule has 0 aliphatic carbocycles. The van der Waals surface area contributed by atoms with Crippen LogP contribution in [0.25, 0.3) is 0 Å². The van der Waals surface area contributed by atoms with Gasteiger partial charge < -0.3 is 10.1 Å². The predicted molar refractivity (Wildman–Crippen MR) is 118 cm³/mol. The van der Waals surface area contributed by atoms with Gasteiger partial charge >= 0.3 is 5.97 Å². The van der Waals surface area contributed by atoms with Crippen molar-refractivity contribution >= 4 is 33.5 Å². The highest BCUT2D eigenvalue weighted by Crippen LogP contribution is 2.28. The average molecular weight is 465 g/mol. The molecule has 0 saturated carbocycles. The van der Waals surface area contributed by atoms with Gasteiger partial charge in [-0.25, -0.2) is 13.2 Å². The summed E-state index contributed by atoms with van der Waals surface area (Å²) in [5.74, 6) is -1.12. The van der Waals surface area contributed by atoms with Crippen LogP contribution in [0.1, 0.15) is 41.6 Å². The molecule has 2 aromatic carbocycles. The summed E-state index contributed by atoms with van der Waals surface area (Å²) in [6.45, 7) is 2.78. The first-order valence-corrected chi connectivity index (χ1v) is 11.9. The normalized spacial score (nSPS) is 15.4. The van der Waals surface area contributed by atoms with Crippen molar-refractivity contribution in [3.63, 3.8) is 0 Å². The van der Waals surface area contributed by atoms with Crippen LogP contribution in [0.3, 0.4) is 0 Å². The monoisotopic (exact) mass is 464 g/mol. The Bertz CT molecular complexity index is 1040. The number of ether oxygens (including phenoxy) is 1. The topological polar surface area (TPSA) is 92.8 Å². The zero-order chi connectivity index (χ0) is 22.4. The standard InChI is InChI=1S/C22H25ClN2O5S/c1-16(17-7-3-2-4-8-17)14-24-21(26)15-30-22(27)18-9-10-19(23)20(13-18)31(28,29)25-11-5-6-12-25/h2-4,7-10,13,16H,5-6,11-12,14-15H2,1H3,(H,24,26). The highest BCUT2D eigenvalue weighted by atomic mass is 35.5. The van der Waals surface area contributed by atoms with E-state index in [9.17, 15) is 18.0 Å². The molecule has 9 heteroatoms. The molecule has 7 nitrogen and oxygen atoms in total. The van der Waals surface area contributed by atoms with Gasteiger partial charge in [-0.3, -0.25) is 4.79 Å². The number of nitrogens with zero attached hydrogens (tertiary/aromatic N) is 1. The molecule has 1 aliphatic heterocycles. The molecule has 1 heterocycles. The molecule has 2 aromatic rings. The van der Waals surface area contributed by atoms with Crippen LogP contribution in [-0.4, -0.2) is 50.8 Å². The molecule has 1 atom stereocenters. The Labute approximate surface area is 187 Å². The summed E-state index contributed by atoms with van der Waals surface area (Å²) in [4.78, 5) is 24.3. The zero-order valence-corrected chi connectivity index (χ0v) is 18.8. The van der Waals surface area contributed by atoms with Crippen LogP contribution in [0, 0.1) is 0 Å². The lowest BCUT2D eigenvalue weighted by Gasteiger charge is -2.17. The SMILES string of the molecule is CC(CNC(=O)COC(=O)c1ccc(Cl)c(S(=O)(=O)N2CCCC2)c1)c1ccccc1. The molecule has 1 aliphatic rings. The molecule has 1 saturated heterocycles. The Morgan fingerprint density at radius 3 is 2.48 bits per heavy atom. The third-order valence-electron chi connectivity index (χ3n) is 5.16. The molecule has 1 N–H and O–H groups in total. The van der Waals surface area contributed by atoms with Crippen LogP contribution < -0.4 is 5.32 Å². The van der Waals surface area contributed by atoms with Crippen LogP contribution in [0.2, 0.25) is 5.02 Å². The van der Waals surface area contributed by atoms with E-state index >= 15 is 0 Å². The van der Waals surface area contributed by atoms with E-state index in [2.05, 4.69) is 5.32 Å². The first-order valence-electron chi connectivity index (χ1n) is 10.1. The molecule has 3 rings (SSSR count). The van der Waals surface area contributed by atoms with Gasteiger partial charge in [-0.05, 0) is 42.5 Å². The third-order valence-corrected chi connectivity index (χ3v) is 7.54. The van der Waals surface area contributed by atoms with E-state index in [0.29, 0.717) is 19.6 Å². The molecule has 0 radical (unpaired) electrons. The molecular formula is C22H25ClN2O5S. The lowest BCUT2D eigenvalue weighted by molar-refractivity contribution is -0.124. The van der Waals surface area contributed by atoms with Gasteiger partial charge in [0, 0.05) is 19.6 Å². The summed E-state index contributed by atoms with van der Waals surface area (Å²) in [5, 5.41) is 2.77. The second-order valence-corrected chi connectivity index (χ2v) is 9.76. The van der Waals surface area contributed by atoms with Gasteiger partial charge in [0.2, 0.25) is 10.0 Å². The summed E-state index contributed by atoms with van der Waals surface area (Å²) < 4.78 is 32.0. The number of benzene rings is 2. The second kappa shape index (κ2) is 10.3. The van der Waals surface area contributed by atoms with E-state index in [-0.39, 0.29) is 21.4 Å². The number of nitrogens with one attached hydrogen (secondary N) is 1. The Morgan fingerprint density at radius 2 is 1.81 bits per heavy atom. The number of esters is 1. The number of carbonyl (C=O) groups is 2. The number of rotatable bonds is 8. The van der Waals surface area contributed by atoms with E-state index in [1.54, 1.807) is 0 Å². The number of sulfonamides is 1. The van der Waals surface area contributed by atoms with E-state index in [4.69, 9.17) is 16.3 Å². The van der Waals surface area contributed by atoms with Crippen molar-refractivity contribution in [2.24, 2.45) is 0 Å². The predicted octanol–water partition coefficient (Wildman–Crippen LogP) is 3.20. The molecular weight excluding hydrogens is 440 g/mol. The van der Waals surface area contributed by atoms with Crippen molar-refractivity contribution in [1.82, 2.24) is 9.62 Å². The molecule has 1 amide bonds. The van der Waals surface area contributed by atoms with Crippen molar-refractivity contribution in [2.75, 3.05) is 26.2 Å². The van der Waals surface area contributed by atoms with Gasteiger partial charge in [0.25, 0.3) is 5.91 Å². The maximum absolute atomic E-state index is 12.8. The fraction of sp³-hybridized carbons (Fsp3) is 0.364. The van der Waals surface area contributed by atoms with Crippen molar-refractivity contribution in [1.29, 1.82) is 0 Å². The van der Waals surface area contributed by atoms with Gasteiger partial charge in [0.1, 0.15) is 4.90 Å². The van der Waals surface area contributed by atoms with E-state index in [0.717, 1.165) is 18.4 Å². The summed E-state index contributed by atoms with van der Waals surface area (Å²) in [7, 11) is -3.79. The van der Waals surface area contributed by atoms with E-state index < -0.39 is 28.5 Å². The summed E-state index contributed by atoms with van der Waals surface area (Å²) in [5.41, 5.74) is 1.11. The Hall–Kier alpha value is -2.42. The maximum Gasteiger partial charge on any atom is 0.338 e. The Kier molecular flexibility index (Phi) is 7.69. The number of hydrogen-bond acceptors (Lipinski definition) is 5. The van der Waals surface area contributed by atoms with Crippen LogP contribution in [-0.2, 0) is 19.6 Å². The number of hydrogen-bond donors (Lipinski definition) is 1. The van der Waals surface area contributed by atoms with Gasteiger partial charge in [-0.15, -0.1) is 0 Å². The zero-order valence-electron chi connectivity index (χ0n) is 17.2. The smallest absolute Gasteiger partial charge is 0.338 e. The Balaban J connectivity index is 1.57. The summed E-state index contributed by atoms with van der Waals surface area (Å²) in [6, 6.07) is 13.7. The maximum atomic E-state index is 12.8. The second-order valence-electron chi connectivity index (χ2n) is 7.45. The minimum Gasteiger partial charge on any atom is -0.452 e. The number of carbonyl (C=O) groups excluding carboxylic acids is 2. The first-order chi connectivity index (χ1) is 14.8. The molecule has 0 spiro atoms. The van der Waals surface area contributed by atoms with E-state index in [1.165, 1.54) is 22.5 Å². The average Bonchev–Trinajstić information content (AvgIpc) is 3.32. The summed E-state index contributed by atoms with van der Waals surface area (Å²) in [6.07, 6.45) is 1.58. The van der Waals surface area contributed by atoms with Crippen LogP contribution in [0.15, 0.2) is 53.4 Å². The highest BCUT2D eigenvalue weighted by Gasteiger charge is 2.30. The molecule has 0 aromatic heterocycles. The molecule has 166 valence electrons. The fourth-order valence-electron chi connectivity index (χ4n) is 3.33. The minimum absolute atomic E-state index is 0.0209. The molecule has 1 unspecified atom stereocenters. The highest BCUT2D eigenvalue weighted by molar-refractivity contribution is 7.89. The minimum atomic E-state index is -3.79. The lowest BCUT2D eigenvalue weighted by Crippen LogP contribution is -2.31. The molecule has 31 heavy (non-hydrogen) atoms. The third kappa shape index (κ3) is 5.84. The van der Waals surface area contributed by atoms with Crippen LogP contribution in [0.4, 0.5) is 0 Å².